The number of fused-ring (bicyclic) bond motifs is 1. The SMILES string of the molecule is CCOC(=O)CN(c1ccccc1)[C@H]1c2cccc(C(F)(F)F)c2OC(C)(C)[C@@H]1O. The number of carbonyl (C=O) groups excluding carboxylic acids is 1. The Morgan fingerprint density at radius 2 is 1.83 bits per heavy atom. The summed E-state index contributed by atoms with van der Waals surface area (Å²) in [5.74, 6) is -0.888. The number of anilines is 1. The minimum atomic E-state index is -4.63. The van der Waals surface area contributed by atoms with Gasteiger partial charge in [-0.3, -0.25) is 4.79 Å². The Morgan fingerprint density at radius 3 is 2.43 bits per heavy atom. The Labute approximate surface area is 173 Å². The molecule has 2 aromatic carbocycles. The molecule has 0 amide bonds. The molecule has 2 atom stereocenters. The molecule has 162 valence electrons. The maximum absolute atomic E-state index is 13.7. The molecule has 1 N–H and O–H groups in total. The number of aliphatic hydroxyl groups is 1. The van der Waals surface area contributed by atoms with E-state index in [9.17, 15) is 23.1 Å². The molecule has 2 aromatic rings. The van der Waals surface area contributed by atoms with Crippen LogP contribution in [0.1, 0.15) is 37.9 Å². The number of nitrogens with zero attached hydrogens (tertiary/aromatic N) is 1. The number of para-hydroxylation sites is 2. The number of ether oxygens (including phenoxy) is 2. The minimum Gasteiger partial charge on any atom is -0.484 e. The van der Waals surface area contributed by atoms with Gasteiger partial charge in [-0.05, 0) is 39.0 Å². The van der Waals surface area contributed by atoms with Crippen LogP contribution in [-0.2, 0) is 15.7 Å². The van der Waals surface area contributed by atoms with Crippen LogP contribution in [0.4, 0.5) is 18.9 Å². The zero-order valence-electron chi connectivity index (χ0n) is 16.9. The molecule has 0 radical (unpaired) electrons. The lowest BCUT2D eigenvalue weighted by Crippen LogP contribution is -2.55. The highest BCUT2D eigenvalue weighted by Crippen LogP contribution is 2.49. The molecule has 0 fully saturated rings. The smallest absolute Gasteiger partial charge is 0.419 e. The molecule has 3 rings (SSSR count). The molecule has 1 heterocycles. The Bertz CT molecular complexity index is 899. The average molecular weight is 423 g/mol. The fourth-order valence-electron chi connectivity index (χ4n) is 3.65. The summed E-state index contributed by atoms with van der Waals surface area (Å²) in [6, 6.07) is 11.5. The third-order valence-electron chi connectivity index (χ3n) is 5.07. The van der Waals surface area contributed by atoms with Crippen molar-refractivity contribution in [2.45, 2.75) is 44.7 Å². The number of benzene rings is 2. The van der Waals surface area contributed by atoms with Gasteiger partial charge in [-0.2, -0.15) is 13.2 Å². The van der Waals surface area contributed by atoms with E-state index in [4.69, 9.17) is 9.47 Å². The largest absolute Gasteiger partial charge is 0.484 e. The molecule has 0 spiro atoms. The molecular formula is C22H24F3NO4. The van der Waals surface area contributed by atoms with Gasteiger partial charge in [0.2, 0.25) is 0 Å². The number of halogens is 3. The fraction of sp³-hybridized carbons (Fsp3) is 0.409. The van der Waals surface area contributed by atoms with Gasteiger partial charge in [-0.1, -0.05) is 30.3 Å². The van der Waals surface area contributed by atoms with E-state index in [0.29, 0.717) is 5.69 Å². The summed E-state index contributed by atoms with van der Waals surface area (Å²) in [6.45, 7) is 4.63. The molecular weight excluding hydrogens is 399 g/mol. The van der Waals surface area contributed by atoms with Crippen LogP contribution in [0.3, 0.4) is 0 Å². The summed E-state index contributed by atoms with van der Waals surface area (Å²) < 4.78 is 51.7. The minimum absolute atomic E-state index is 0.157. The van der Waals surface area contributed by atoms with E-state index in [1.54, 1.807) is 42.2 Å². The van der Waals surface area contributed by atoms with Crippen LogP contribution in [0.25, 0.3) is 0 Å². The van der Waals surface area contributed by atoms with E-state index in [-0.39, 0.29) is 24.5 Å². The lowest BCUT2D eigenvalue weighted by molar-refractivity contribution is -0.144. The normalized spacial score (nSPS) is 20.1. The van der Waals surface area contributed by atoms with Gasteiger partial charge in [0.05, 0.1) is 18.2 Å². The molecule has 0 saturated carbocycles. The van der Waals surface area contributed by atoms with Crippen molar-refractivity contribution < 1.29 is 32.5 Å². The second kappa shape index (κ2) is 8.18. The van der Waals surface area contributed by atoms with Crippen LogP contribution in [-0.4, -0.2) is 35.9 Å². The molecule has 1 aliphatic heterocycles. The highest BCUT2D eigenvalue weighted by molar-refractivity contribution is 5.76. The molecule has 0 saturated heterocycles. The Kier molecular flexibility index (Phi) is 5.99. The molecule has 1 aliphatic rings. The quantitative estimate of drug-likeness (QED) is 0.725. The molecule has 30 heavy (non-hydrogen) atoms. The van der Waals surface area contributed by atoms with Crippen molar-refractivity contribution in [3.8, 4) is 5.75 Å². The molecule has 0 aromatic heterocycles. The molecule has 0 unspecified atom stereocenters. The Hall–Kier alpha value is -2.74. The van der Waals surface area contributed by atoms with Gasteiger partial charge in [-0.25, -0.2) is 0 Å². The van der Waals surface area contributed by atoms with Crippen molar-refractivity contribution in [3.05, 3.63) is 59.7 Å². The third kappa shape index (κ3) is 4.23. The van der Waals surface area contributed by atoms with Crippen molar-refractivity contribution in [1.29, 1.82) is 0 Å². The first-order chi connectivity index (χ1) is 14.1. The first-order valence-corrected chi connectivity index (χ1v) is 9.60. The number of esters is 1. The second-order valence-electron chi connectivity index (χ2n) is 7.59. The van der Waals surface area contributed by atoms with Gasteiger partial charge in [-0.15, -0.1) is 0 Å². The first kappa shape index (κ1) is 22.0. The number of aliphatic hydroxyl groups excluding tert-OH is 1. The van der Waals surface area contributed by atoms with Crippen molar-refractivity contribution in [3.63, 3.8) is 0 Å². The molecule has 0 bridgehead atoms. The van der Waals surface area contributed by atoms with Crippen LogP contribution < -0.4 is 9.64 Å². The zero-order chi connectivity index (χ0) is 22.1. The molecule has 0 aliphatic carbocycles. The van der Waals surface area contributed by atoms with E-state index < -0.39 is 35.5 Å². The van der Waals surface area contributed by atoms with Gasteiger partial charge >= 0.3 is 12.1 Å². The standard InChI is InChI=1S/C22H24F3NO4/c1-4-29-17(27)13-26(14-9-6-5-7-10-14)18-15-11-8-12-16(22(23,24)25)19(15)30-21(2,3)20(18)28/h5-12,18,20,28H,4,13H2,1-3H3/t18-,20+/m0/s1. The van der Waals surface area contributed by atoms with E-state index >= 15 is 0 Å². The van der Waals surface area contributed by atoms with Gasteiger partial charge in [0.25, 0.3) is 0 Å². The maximum atomic E-state index is 13.7. The number of hydrogen-bond acceptors (Lipinski definition) is 5. The number of rotatable bonds is 5. The lowest BCUT2D eigenvalue weighted by Gasteiger charge is -2.47. The summed E-state index contributed by atoms with van der Waals surface area (Å²) >= 11 is 0. The van der Waals surface area contributed by atoms with Gasteiger partial charge in [0, 0.05) is 11.3 Å². The van der Waals surface area contributed by atoms with Gasteiger partial charge in [0.15, 0.2) is 0 Å². The lowest BCUT2D eigenvalue weighted by atomic mass is 9.84. The Balaban J connectivity index is 2.19. The first-order valence-electron chi connectivity index (χ1n) is 9.60. The van der Waals surface area contributed by atoms with Gasteiger partial charge < -0.3 is 19.5 Å². The maximum Gasteiger partial charge on any atom is 0.419 e. The predicted octanol–water partition coefficient (Wildman–Crippen LogP) is 4.35. The van der Waals surface area contributed by atoms with Crippen LogP contribution in [0, 0.1) is 0 Å². The summed E-state index contributed by atoms with van der Waals surface area (Å²) in [7, 11) is 0. The van der Waals surface area contributed by atoms with Crippen LogP contribution in [0.15, 0.2) is 48.5 Å². The Morgan fingerprint density at radius 1 is 1.17 bits per heavy atom. The van der Waals surface area contributed by atoms with E-state index in [0.717, 1.165) is 6.07 Å². The summed E-state index contributed by atoms with van der Waals surface area (Å²) in [4.78, 5) is 13.9. The highest BCUT2D eigenvalue weighted by Gasteiger charge is 2.49. The molecule has 5 nitrogen and oxygen atoms in total. The monoisotopic (exact) mass is 423 g/mol. The predicted molar refractivity (Wildman–Crippen MR) is 105 cm³/mol. The van der Waals surface area contributed by atoms with Crippen molar-refractivity contribution >= 4 is 11.7 Å². The van der Waals surface area contributed by atoms with Crippen molar-refractivity contribution in [1.82, 2.24) is 0 Å². The highest BCUT2D eigenvalue weighted by atomic mass is 19.4. The van der Waals surface area contributed by atoms with Crippen LogP contribution in [0.5, 0.6) is 5.75 Å². The zero-order valence-corrected chi connectivity index (χ0v) is 16.9. The second-order valence-corrected chi connectivity index (χ2v) is 7.59. The van der Waals surface area contributed by atoms with Crippen LogP contribution in [0.2, 0.25) is 0 Å². The van der Waals surface area contributed by atoms with Crippen molar-refractivity contribution in [2.75, 3.05) is 18.1 Å². The van der Waals surface area contributed by atoms with Crippen molar-refractivity contribution in [2.24, 2.45) is 0 Å². The van der Waals surface area contributed by atoms with Gasteiger partial charge in [0.1, 0.15) is 24.0 Å². The third-order valence-corrected chi connectivity index (χ3v) is 5.07. The topological polar surface area (TPSA) is 59.0 Å². The fourth-order valence-corrected chi connectivity index (χ4v) is 3.65. The van der Waals surface area contributed by atoms with E-state index in [1.165, 1.54) is 26.0 Å². The number of carbonyl (C=O) groups is 1. The number of alkyl halides is 3. The molecule has 8 heteroatoms. The van der Waals surface area contributed by atoms with E-state index in [1.807, 2.05) is 0 Å². The summed E-state index contributed by atoms with van der Waals surface area (Å²) in [5.41, 5.74) is -1.53. The summed E-state index contributed by atoms with van der Waals surface area (Å²) in [6.07, 6.45) is -5.85. The van der Waals surface area contributed by atoms with Crippen LogP contribution >= 0.6 is 0 Å². The average Bonchev–Trinajstić information content (AvgIpc) is 2.67. The number of hydrogen-bond donors (Lipinski definition) is 1. The van der Waals surface area contributed by atoms with E-state index in [2.05, 4.69) is 0 Å². The summed E-state index contributed by atoms with van der Waals surface area (Å²) in [5, 5.41) is 11.1.